The van der Waals surface area contributed by atoms with Gasteiger partial charge in [0, 0.05) is 38.3 Å². The lowest BCUT2D eigenvalue weighted by Crippen LogP contribution is -2.50. The molecule has 0 unspecified atom stereocenters. The topological polar surface area (TPSA) is 101 Å². The minimum Gasteiger partial charge on any atom is -0.450 e. The molecule has 198 valence electrons. The van der Waals surface area contributed by atoms with Crippen LogP contribution in [0.15, 0.2) is 46.3 Å². The minimum absolute atomic E-state index is 0.0995. The van der Waals surface area contributed by atoms with E-state index in [4.69, 9.17) is 4.74 Å². The summed E-state index contributed by atoms with van der Waals surface area (Å²) in [6.45, 7) is 9.85. The van der Waals surface area contributed by atoms with Gasteiger partial charge in [-0.1, -0.05) is 18.3 Å². The maximum atomic E-state index is 13.1. The molecule has 37 heavy (non-hydrogen) atoms. The molecule has 0 N–H and O–H groups in total. The van der Waals surface area contributed by atoms with Crippen LogP contribution in [-0.4, -0.2) is 67.0 Å². The number of rotatable bonds is 6. The first-order valence-corrected chi connectivity index (χ1v) is 14.6. The van der Waals surface area contributed by atoms with E-state index >= 15 is 0 Å². The van der Waals surface area contributed by atoms with E-state index in [9.17, 15) is 18.0 Å². The number of carbonyl (C=O) groups excluding carboxylic acids is 2. The van der Waals surface area contributed by atoms with Crippen LogP contribution in [0.3, 0.4) is 0 Å². The van der Waals surface area contributed by atoms with Crippen molar-refractivity contribution in [1.82, 2.24) is 13.8 Å². The predicted octanol–water partition coefficient (Wildman–Crippen LogP) is 3.93. The van der Waals surface area contributed by atoms with E-state index in [2.05, 4.69) is 42.5 Å². The van der Waals surface area contributed by atoms with Gasteiger partial charge < -0.3 is 14.2 Å². The van der Waals surface area contributed by atoms with E-state index in [-0.39, 0.29) is 37.7 Å². The summed E-state index contributed by atoms with van der Waals surface area (Å²) in [5.74, 6) is -0.420. The van der Waals surface area contributed by atoms with Gasteiger partial charge in [0.05, 0.1) is 21.7 Å². The number of nitrogens with zero attached hydrogens (tertiary/aromatic N) is 4. The average Bonchev–Trinajstić information content (AvgIpc) is 3.20. The van der Waals surface area contributed by atoms with Gasteiger partial charge in [0.25, 0.3) is 5.91 Å². The third-order valence-corrected chi connectivity index (χ3v) is 9.40. The number of piperazine rings is 1. The zero-order valence-corrected chi connectivity index (χ0v) is 23.2. The van der Waals surface area contributed by atoms with Gasteiger partial charge >= 0.3 is 6.09 Å². The molecule has 1 fully saturated rings. The maximum Gasteiger partial charge on any atom is 0.409 e. The van der Waals surface area contributed by atoms with Gasteiger partial charge in [-0.2, -0.15) is 9.30 Å². The van der Waals surface area contributed by atoms with E-state index in [0.717, 1.165) is 23.2 Å². The predicted molar refractivity (Wildman–Crippen MR) is 143 cm³/mol. The monoisotopic (exact) mass is 544 g/mol. The van der Waals surface area contributed by atoms with Crippen molar-refractivity contribution in [1.29, 1.82) is 0 Å². The number of fused-ring (bicyclic) bond motifs is 1. The Labute approximate surface area is 221 Å². The maximum absolute atomic E-state index is 13.1. The molecule has 0 radical (unpaired) electrons. The Bertz CT molecular complexity index is 1480. The molecule has 0 spiro atoms. The second-order valence-corrected chi connectivity index (χ2v) is 11.9. The number of benzene rings is 2. The Morgan fingerprint density at radius 2 is 1.65 bits per heavy atom. The molecule has 2 amide bonds. The molecule has 1 aliphatic rings. The van der Waals surface area contributed by atoms with Crippen molar-refractivity contribution in [2.24, 2.45) is 4.99 Å². The van der Waals surface area contributed by atoms with Crippen LogP contribution < -0.4 is 4.80 Å². The number of thiazole rings is 1. The summed E-state index contributed by atoms with van der Waals surface area (Å²) in [5, 5.41) is 0. The summed E-state index contributed by atoms with van der Waals surface area (Å²) in [6, 6.07) is 10.1. The molecule has 0 atom stereocenters. The van der Waals surface area contributed by atoms with E-state index in [1.165, 1.54) is 55.9 Å². The van der Waals surface area contributed by atoms with Crippen molar-refractivity contribution in [3.05, 3.63) is 57.9 Å². The summed E-state index contributed by atoms with van der Waals surface area (Å²) >= 11 is 1.48. The first-order chi connectivity index (χ1) is 17.6. The Morgan fingerprint density at radius 1 is 1.00 bits per heavy atom. The van der Waals surface area contributed by atoms with Crippen molar-refractivity contribution in [2.75, 3.05) is 32.8 Å². The molecular formula is C26H32N4O5S2. The van der Waals surface area contributed by atoms with Crippen molar-refractivity contribution in [3.8, 4) is 0 Å². The lowest BCUT2D eigenvalue weighted by molar-refractivity contribution is 0.0933. The van der Waals surface area contributed by atoms with Crippen LogP contribution in [-0.2, 0) is 21.3 Å². The number of aryl methyl sites for hydroxylation is 3. The van der Waals surface area contributed by atoms with E-state index in [0.29, 0.717) is 10.4 Å². The molecule has 1 saturated heterocycles. The van der Waals surface area contributed by atoms with Gasteiger partial charge in [0.15, 0.2) is 4.80 Å². The molecule has 11 heteroatoms. The van der Waals surface area contributed by atoms with Crippen molar-refractivity contribution in [3.63, 3.8) is 0 Å². The first-order valence-electron chi connectivity index (χ1n) is 12.4. The summed E-state index contributed by atoms with van der Waals surface area (Å²) in [5.41, 5.74) is 3.76. The molecular weight excluding hydrogens is 512 g/mol. The third kappa shape index (κ3) is 5.63. The van der Waals surface area contributed by atoms with Crippen molar-refractivity contribution in [2.45, 2.75) is 45.6 Å². The zero-order valence-electron chi connectivity index (χ0n) is 21.6. The second kappa shape index (κ2) is 11.2. The summed E-state index contributed by atoms with van der Waals surface area (Å²) in [4.78, 5) is 31.5. The third-order valence-electron chi connectivity index (χ3n) is 6.45. The molecule has 4 rings (SSSR count). The molecule has 3 aromatic rings. The van der Waals surface area contributed by atoms with Crippen LogP contribution in [0.5, 0.6) is 0 Å². The quantitative estimate of drug-likeness (QED) is 0.468. The van der Waals surface area contributed by atoms with Crippen LogP contribution in [0, 0.1) is 13.8 Å². The molecule has 0 bridgehead atoms. The Hall–Kier alpha value is -3.02. The Balaban J connectivity index is 1.54. The molecule has 0 aliphatic carbocycles. The molecule has 1 aliphatic heterocycles. The number of amides is 2. The second-order valence-electron chi connectivity index (χ2n) is 8.97. The fourth-order valence-corrected chi connectivity index (χ4v) is 6.80. The minimum atomic E-state index is -3.75. The van der Waals surface area contributed by atoms with Crippen LogP contribution in [0.2, 0.25) is 0 Å². The van der Waals surface area contributed by atoms with Crippen LogP contribution >= 0.6 is 11.3 Å². The zero-order chi connectivity index (χ0) is 26.7. The number of hydrogen-bond donors (Lipinski definition) is 0. The summed E-state index contributed by atoms with van der Waals surface area (Å²) in [6.07, 6.45) is 0.469. The number of ether oxygens (including phenoxy) is 1. The molecule has 1 aromatic heterocycles. The number of aromatic nitrogens is 1. The van der Waals surface area contributed by atoms with Gasteiger partial charge in [0.1, 0.15) is 0 Å². The van der Waals surface area contributed by atoms with E-state index < -0.39 is 22.0 Å². The molecule has 2 heterocycles. The molecule has 0 saturated carbocycles. The lowest BCUT2D eigenvalue weighted by atomic mass is 10.1. The number of hydrogen-bond acceptors (Lipinski definition) is 6. The SMILES string of the molecule is CCCn1c(=NC(=O)c2ccc(S(=O)(=O)N3CCN(C(=O)OCC)CC3)cc2)sc2cc(C)c(C)cc21. The Kier molecular flexibility index (Phi) is 8.15. The van der Waals surface area contributed by atoms with Gasteiger partial charge in [-0.15, -0.1) is 0 Å². The normalized spacial score (nSPS) is 15.4. The average molecular weight is 545 g/mol. The highest BCUT2D eigenvalue weighted by Gasteiger charge is 2.30. The van der Waals surface area contributed by atoms with Gasteiger partial charge in [-0.3, -0.25) is 4.79 Å². The van der Waals surface area contributed by atoms with Crippen LogP contribution in [0.1, 0.15) is 41.8 Å². The molecule has 2 aromatic carbocycles. The number of carbonyl (C=O) groups is 2. The van der Waals surface area contributed by atoms with Crippen LogP contribution in [0.25, 0.3) is 10.2 Å². The van der Waals surface area contributed by atoms with Gasteiger partial charge in [0.2, 0.25) is 10.0 Å². The standard InChI is InChI=1S/C26H32N4O5S2/c1-5-11-30-22-16-18(3)19(4)17-23(22)36-25(30)27-24(31)20-7-9-21(10-8-20)37(33,34)29-14-12-28(13-15-29)26(32)35-6-2/h7-10,16-17H,5-6,11-15H2,1-4H3. The summed E-state index contributed by atoms with van der Waals surface area (Å²) in [7, 11) is -3.75. The van der Waals surface area contributed by atoms with E-state index in [1.54, 1.807) is 6.92 Å². The Morgan fingerprint density at radius 3 is 2.27 bits per heavy atom. The fraction of sp³-hybridized carbons (Fsp3) is 0.423. The lowest BCUT2D eigenvalue weighted by Gasteiger charge is -2.33. The van der Waals surface area contributed by atoms with Gasteiger partial charge in [-0.05, 0) is 74.7 Å². The first kappa shape index (κ1) is 27.0. The highest BCUT2D eigenvalue weighted by atomic mass is 32.2. The molecule has 9 nitrogen and oxygen atoms in total. The number of sulfonamides is 1. The summed E-state index contributed by atoms with van der Waals surface area (Å²) < 4.78 is 35.7. The van der Waals surface area contributed by atoms with Crippen molar-refractivity contribution >= 4 is 43.6 Å². The largest absolute Gasteiger partial charge is 0.450 e. The van der Waals surface area contributed by atoms with E-state index in [1.807, 2.05) is 0 Å². The van der Waals surface area contributed by atoms with Gasteiger partial charge in [-0.25, -0.2) is 13.2 Å². The smallest absolute Gasteiger partial charge is 0.409 e. The van der Waals surface area contributed by atoms with Crippen LogP contribution in [0.4, 0.5) is 4.79 Å². The fourth-order valence-electron chi connectivity index (χ4n) is 4.24. The van der Waals surface area contributed by atoms with Crippen molar-refractivity contribution < 1.29 is 22.7 Å². The highest BCUT2D eigenvalue weighted by molar-refractivity contribution is 7.89. The highest BCUT2D eigenvalue weighted by Crippen LogP contribution is 2.23.